The van der Waals surface area contributed by atoms with Crippen LogP contribution in [0.15, 0.2) is 41.4 Å². The van der Waals surface area contributed by atoms with Gasteiger partial charge in [0.05, 0.1) is 12.8 Å². The Bertz CT molecular complexity index is 912. The normalized spacial score (nSPS) is 18.8. The van der Waals surface area contributed by atoms with E-state index in [-0.39, 0.29) is 0 Å². The third-order valence-corrected chi connectivity index (χ3v) is 6.24. The fourth-order valence-electron chi connectivity index (χ4n) is 4.64. The van der Waals surface area contributed by atoms with Crippen molar-refractivity contribution in [2.45, 2.75) is 44.7 Å². The van der Waals surface area contributed by atoms with Gasteiger partial charge in [-0.1, -0.05) is 18.2 Å². The minimum Gasteiger partial charge on any atom is -0.508 e. The molecule has 2 aromatic carbocycles. The predicted octanol–water partition coefficient (Wildman–Crippen LogP) is 3.22. The maximum absolute atomic E-state index is 10.4. The Labute approximate surface area is 179 Å². The number of hydrogen-bond acceptors (Lipinski definition) is 4. The molecule has 3 N–H and O–H groups in total. The maximum atomic E-state index is 10.4. The number of fused-ring (bicyclic) bond motifs is 1. The smallest absolute Gasteiger partial charge is 0.191 e. The van der Waals surface area contributed by atoms with Gasteiger partial charge in [-0.25, -0.2) is 0 Å². The second kappa shape index (κ2) is 9.28. The Kier molecular flexibility index (Phi) is 6.31. The van der Waals surface area contributed by atoms with Crippen molar-refractivity contribution in [2.75, 3.05) is 32.1 Å². The summed E-state index contributed by atoms with van der Waals surface area (Å²) in [5.41, 5.74) is 4.83. The van der Waals surface area contributed by atoms with E-state index in [0.717, 1.165) is 55.3 Å². The number of nitrogens with zero attached hydrogens (tertiary/aromatic N) is 2. The number of aliphatic imine (C=N–C) groups is 1. The van der Waals surface area contributed by atoms with Gasteiger partial charge in [-0.2, -0.15) is 0 Å². The number of benzene rings is 2. The van der Waals surface area contributed by atoms with Crippen molar-refractivity contribution in [3.8, 4) is 11.5 Å². The number of methoxy groups -OCH3 is 1. The van der Waals surface area contributed by atoms with Gasteiger partial charge in [-0.3, -0.25) is 4.99 Å². The van der Waals surface area contributed by atoms with Crippen LogP contribution in [0.25, 0.3) is 0 Å². The van der Waals surface area contributed by atoms with Crippen LogP contribution in [0.2, 0.25) is 0 Å². The summed E-state index contributed by atoms with van der Waals surface area (Å²) in [7, 11) is 3.51. The summed E-state index contributed by atoms with van der Waals surface area (Å²) in [5.74, 6) is 2.06. The van der Waals surface area contributed by atoms with Gasteiger partial charge < -0.3 is 25.4 Å². The topological polar surface area (TPSA) is 69.1 Å². The summed E-state index contributed by atoms with van der Waals surface area (Å²) in [4.78, 5) is 6.76. The number of phenolic OH excluding ortho intramolecular Hbond substituents is 1. The standard InChI is InChI=1S/C24H32N4O2/c1-25-24(26-15-20-19-8-4-3-7-17(19)11-12-22(20)29)27-18-13-14-28(16-18)21-9-5-6-10-23(21)30-2/h5-6,9-12,18,29H,3-4,7-8,13-16H2,1-2H3,(H2,25,26,27). The van der Waals surface area contributed by atoms with Crippen molar-refractivity contribution >= 4 is 11.6 Å². The van der Waals surface area contributed by atoms with Crippen molar-refractivity contribution in [1.29, 1.82) is 0 Å². The van der Waals surface area contributed by atoms with Crippen LogP contribution in [0.3, 0.4) is 0 Å². The average molecular weight is 409 g/mol. The number of rotatable bonds is 5. The van der Waals surface area contributed by atoms with Crippen LogP contribution in [0.5, 0.6) is 11.5 Å². The molecule has 0 saturated carbocycles. The van der Waals surface area contributed by atoms with E-state index in [2.05, 4.69) is 32.7 Å². The number of nitrogens with one attached hydrogen (secondary N) is 2. The lowest BCUT2D eigenvalue weighted by Gasteiger charge is -2.23. The highest BCUT2D eigenvalue weighted by molar-refractivity contribution is 5.80. The first kappa shape index (κ1) is 20.4. The molecule has 1 aliphatic heterocycles. The van der Waals surface area contributed by atoms with Gasteiger partial charge in [0.25, 0.3) is 0 Å². The highest BCUT2D eigenvalue weighted by Gasteiger charge is 2.25. The number of hydrogen-bond donors (Lipinski definition) is 3. The predicted molar refractivity (Wildman–Crippen MR) is 122 cm³/mol. The van der Waals surface area contributed by atoms with Crippen molar-refractivity contribution in [3.63, 3.8) is 0 Å². The Balaban J connectivity index is 1.37. The summed E-state index contributed by atoms with van der Waals surface area (Å²) >= 11 is 0. The van der Waals surface area contributed by atoms with Crippen LogP contribution in [0.1, 0.15) is 36.0 Å². The van der Waals surface area contributed by atoms with Crippen molar-refractivity contribution in [1.82, 2.24) is 10.6 Å². The second-order valence-corrected chi connectivity index (χ2v) is 8.08. The fourth-order valence-corrected chi connectivity index (χ4v) is 4.64. The van der Waals surface area contributed by atoms with Crippen LogP contribution in [0, 0.1) is 0 Å². The van der Waals surface area contributed by atoms with Crippen LogP contribution in [0.4, 0.5) is 5.69 Å². The van der Waals surface area contributed by atoms with Crippen molar-refractivity contribution < 1.29 is 9.84 Å². The molecule has 2 aliphatic rings. The quantitative estimate of drug-likeness (QED) is 0.524. The molecule has 30 heavy (non-hydrogen) atoms. The first-order chi connectivity index (χ1) is 14.7. The third-order valence-electron chi connectivity index (χ3n) is 6.24. The zero-order valence-corrected chi connectivity index (χ0v) is 17.9. The molecule has 0 bridgehead atoms. The van der Waals surface area contributed by atoms with Crippen molar-refractivity contribution in [3.05, 3.63) is 53.1 Å². The van der Waals surface area contributed by atoms with Gasteiger partial charge in [0, 0.05) is 38.3 Å². The van der Waals surface area contributed by atoms with Crippen LogP contribution in [-0.4, -0.2) is 44.4 Å². The van der Waals surface area contributed by atoms with E-state index >= 15 is 0 Å². The lowest BCUT2D eigenvalue weighted by molar-refractivity contribution is 0.415. The molecule has 4 rings (SSSR count). The lowest BCUT2D eigenvalue weighted by atomic mass is 9.88. The van der Waals surface area contributed by atoms with Gasteiger partial charge >= 0.3 is 0 Å². The lowest BCUT2D eigenvalue weighted by Crippen LogP contribution is -2.44. The first-order valence-electron chi connectivity index (χ1n) is 10.9. The van der Waals surface area contributed by atoms with Gasteiger partial charge in [0.2, 0.25) is 0 Å². The summed E-state index contributed by atoms with van der Waals surface area (Å²) in [5, 5.41) is 17.4. The number of anilines is 1. The monoisotopic (exact) mass is 408 g/mol. The summed E-state index contributed by atoms with van der Waals surface area (Å²) in [6, 6.07) is 12.4. The highest BCUT2D eigenvalue weighted by atomic mass is 16.5. The molecule has 1 heterocycles. The zero-order valence-electron chi connectivity index (χ0n) is 17.9. The summed E-state index contributed by atoms with van der Waals surface area (Å²) < 4.78 is 5.52. The number of aromatic hydroxyl groups is 1. The molecule has 0 spiro atoms. The maximum Gasteiger partial charge on any atom is 0.191 e. The van der Waals surface area contributed by atoms with Gasteiger partial charge in [-0.15, -0.1) is 0 Å². The number of guanidine groups is 1. The average Bonchev–Trinajstić information content (AvgIpc) is 3.25. The molecule has 6 nitrogen and oxygen atoms in total. The Morgan fingerprint density at radius 2 is 2.03 bits per heavy atom. The van der Waals surface area contributed by atoms with E-state index in [4.69, 9.17) is 4.74 Å². The van der Waals surface area contributed by atoms with Crippen molar-refractivity contribution in [2.24, 2.45) is 4.99 Å². The first-order valence-corrected chi connectivity index (χ1v) is 10.9. The molecule has 2 aromatic rings. The van der Waals surface area contributed by atoms with E-state index in [1.165, 1.54) is 24.0 Å². The van der Waals surface area contributed by atoms with E-state index in [9.17, 15) is 5.11 Å². The SMILES string of the molecule is CN=C(NCc1c(O)ccc2c1CCCC2)NC1CCN(c2ccccc2OC)C1. The molecular formula is C24H32N4O2. The molecule has 1 atom stereocenters. The van der Waals surface area contributed by atoms with E-state index in [0.29, 0.717) is 18.3 Å². The Hall–Kier alpha value is -2.89. The molecule has 0 aromatic heterocycles. The molecule has 1 fully saturated rings. The summed E-state index contributed by atoms with van der Waals surface area (Å²) in [6.07, 6.45) is 5.61. The minimum absolute atomic E-state index is 0.305. The van der Waals surface area contributed by atoms with Crippen LogP contribution < -0.4 is 20.3 Å². The van der Waals surface area contributed by atoms with Crippen LogP contribution >= 0.6 is 0 Å². The second-order valence-electron chi connectivity index (χ2n) is 8.08. The van der Waals surface area contributed by atoms with Gasteiger partial charge in [0.15, 0.2) is 5.96 Å². The molecule has 6 heteroatoms. The zero-order chi connectivity index (χ0) is 20.9. The van der Waals surface area contributed by atoms with E-state index < -0.39 is 0 Å². The molecule has 1 saturated heterocycles. The Morgan fingerprint density at radius 1 is 1.20 bits per heavy atom. The van der Waals surface area contributed by atoms with Gasteiger partial charge in [0.1, 0.15) is 11.5 Å². The molecule has 1 aliphatic carbocycles. The van der Waals surface area contributed by atoms with Crippen LogP contribution in [-0.2, 0) is 19.4 Å². The third kappa shape index (κ3) is 4.32. The highest BCUT2D eigenvalue weighted by Crippen LogP contribution is 2.31. The molecular weight excluding hydrogens is 376 g/mol. The minimum atomic E-state index is 0.305. The molecule has 160 valence electrons. The molecule has 1 unspecified atom stereocenters. The Morgan fingerprint density at radius 3 is 2.87 bits per heavy atom. The number of ether oxygens (including phenoxy) is 1. The number of aryl methyl sites for hydroxylation is 1. The number of phenols is 1. The summed E-state index contributed by atoms with van der Waals surface area (Å²) in [6.45, 7) is 2.45. The largest absolute Gasteiger partial charge is 0.508 e. The van der Waals surface area contributed by atoms with Gasteiger partial charge in [-0.05, 0) is 61.4 Å². The van der Waals surface area contributed by atoms with E-state index in [1.54, 1.807) is 14.2 Å². The fraction of sp³-hybridized carbons (Fsp3) is 0.458. The molecule has 0 amide bonds. The van der Waals surface area contributed by atoms with E-state index in [1.807, 2.05) is 24.3 Å². The molecule has 0 radical (unpaired) electrons. The number of para-hydroxylation sites is 2.